The number of hydrogen-bond acceptors (Lipinski definition) is 7. The Morgan fingerprint density at radius 3 is 1.92 bits per heavy atom. The molecule has 8 rings (SSSR count). The van der Waals surface area contributed by atoms with Gasteiger partial charge < -0.3 is 9.64 Å². The van der Waals surface area contributed by atoms with Crippen molar-refractivity contribution in [3.05, 3.63) is 186 Å². The van der Waals surface area contributed by atoms with Crippen molar-refractivity contribution in [2.24, 2.45) is 0 Å². The van der Waals surface area contributed by atoms with Crippen molar-refractivity contribution in [3.63, 3.8) is 0 Å². The Labute approximate surface area is 284 Å². The summed E-state index contributed by atoms with van der Waals surface area (Å²) in [5.74, 6) is 0. The number of benzene rings is 4. The highest BCUT2D eigenvalue weighted by Gasteiger charge is 2.40. The van der Waals surface area contributed by atoms with Crippen LogP contribution >= 0.6 is 12.0 Å². The summed E-state index contributed by atoms with van der Waals surface area (Å²) in [7, 11) is 0. The van der Waals surface area contributed by atoms with Gasteiger partial charge in [0.05, 0.1) is 49.0 Å². The molecular formula is C40H34N4O3S. The number of pyridine rings is 1. The molecule has 8 heteroatoms. The zero-order chi connectivity index (χ0) is 32.2. The Hall–Kier alpha value is -4.99. The SMILES string of the molecule is C1=C(c2cnn(C(c3ccccc3)(c3ccccc3)c3ccccc3)c2)c2cc(N3CCOCC3)cnc2C1OOSc1ccccc1. The summed E-state index contributed by atoms with van der Waals surface area (Å²) in [6, 6.07) is 43.8. The third kappa shape index (κ3) is 5.73. The first-order valence-electron chi connectivity index (χ1n) is 16.1. The second-order valence-corrected chi connectivity index (χ2v) is 12.5. The normalized spacial score (nSPS) is 16.0. The van der Waals surface area contributed by atoms with Gasteiger partial charge in [-0.1, -0.05) is 109 Å². The number of anilines is 1. The van der Waals surface area contributed by atoms with Crippen LogP contribution in [-0.4, -0.2) is 41.1 Å². The number of morpholine rings is 1. The van der Waals surface area contributed by atoms with Crippen LogP contribution in [0.2, 0.25) is 0 Å². The van der Waals surface area contributed by atoms with Gasteiger partial charge in [0.2, 0.25) is 0 Å². The van der Waals surface area contributed by atoms with E-state index < -0.39 is 11.6 Å². The highest BCUT2D eigenvalue weighted by Crippen LogP contribution is 2.44. The van der Waals surface area contributed by atoms with Gasteiger partial charge in [0, 0.05) is 35.3 Å². The van der Waals surface area contributed by atoms with Crippen molar-refractivity contribution < 1.29 is 14.0 Å². The number of ether oxygens (including phenoxy) is 1. The van der Waals surface area contributed by atoms with E-state index in [-0.39, 0.29) is 0 Å². The van der Waals surface area contributed by atoms with E-state index in [1.54, 1.807) is 0 Å². The molecule has 1 unspecified atom stereocenters. The van der Waals surface area contributed by atoms with E-state index >= 15 is 0 Å². The summed E-state index contributed by atoms with van der Waals surface area (Å²) in [5.41, 5.74) is 7.45. The third-order valence-electron chi connectivity index (χ3n) is 8.99. The van der Waals surface area contributed by atoms with Gasteiger partial charge in [-0.15, -0.1) is 0 Å². The maximum absolute atomic E-state index is 6.02. The Kier molecular flexibility index (Phi) is 8.62. The summed E-state index contributed by atoms with van der Waals surface area (Å²) in [6.07, 6.45) is 7.61. The molecule has 1 aliphatic heterocycles. The second-order valence-electron chi connectivity index (χ2n) is 11.8. The summed E-state index contributed by atoms with van der Waals surface area (Å²) < 4.78 is 13.4. The summed E-state index contributed by atoms with van der Waals surface area (Å²) >= 11 is 1.19. The molecule has 0 amide bonds. The summed E-state index contributed by atoms with van der Waals surface area (Å²) in [4.78, 5) is 14.2. The van der Waals surface area contributed by atoms with E-state index in [4.69, 9.17) is 24.0 Å². The molecule has 0 saturated carbocycles. The predicted octanol–water partition coefficient (Wildman–Crippen LogP) is 8.10. The molecule has 2 aromatic heterocycles. The van der Waals surface area contributed by atoms with Crippen molar-refractivity contribution in [1.82, 2.24) is 14.8 Å². The van der Waals surface area contributed by atoms with Crippen molar-refractivity contribution in [2.45, 2.75) is 16.5 Å². The monoisotopic (exact) mass is 650 g/mol. The fourth-order valence-electron chi connectivity index (χ4n) is 6.70. The van der Waals surface area contributed by atoms with Crippen LogP contribution in [-0.2, 0) is 19.5 Å². The van der Waals surface area contributed by atoms with Gasteiger partial charge in [0.15, 0.2) is 6.10 Å². The van der Waals surface area contributed by atoms with E-state index in [1.807, 2.05) is 42.7 Å². The highest BCUT2D eigenvalue weighted by atomic mass is 32.2. The van der Waals surface area contributed by atoms with Crippen LogP contribution in [0.1, 0.15) is 39.6 Å². The van der Waals surface area contributed by atoms with Crippen LogP contribution in [0.5, 0.6) is 0 Å². The molecule has 7 nitrogen and oxygen atoms in total. The molecule has 1 fully saturated rings. The molecule has 48 heavy (non-hydrogen) atoms. The Bertz CT molecular complexity index is 1900. The average Bonchev–Trinajstić information content (AvgIpc) is 3.79. The molecule has 0 spiro atoms. The standard InChI is InChI=1S/C40H34N4O3S/c1-5-13-31(14-6-1)40(32-15-7-2-8-16-32,33-17-9-3-10-18-33)44-29-30(27-42-44)36-26-38(46-47-48-35-19-11-4-12-20-35)39-37(36)25-34(28-41-39)43-21-23-45-24-22-43/h1-20,25-29,38H,21-24H2. The van der Waals surface area contributed by atoms with Crippen molar-refractivity contribution in [2.75, 3.05) is 31.2 Å². The fraction of sp³-hybridized carbons (Fsp3) is 0.150. The van der Waals surface area contributed by atoms with E-state index in [9.17, 15) is 0 Å². The molecule has 4 aromatic carbocycles. The molecule has 2 aliphatic rings. The lowest BCUT2D eigenvalue weighted by Gasteiger charge is -2.36. The molecule has 1 atom stereocenters. The Morgan fingerprint density at radius 2 is 1.31 bits per heavy atom. The molecule has 1 aliphatic carbocycles. The largest absolute Gasteiger partial charge is 0.378 e. The molecule has 6 aromatic rings. The van der Waals surface area contributed by atoms with Crippen LogP contribution in [0.15, 0.2) is 157 Å². The molecule has 0 N–H and O–H groups in total. The van der Waals surface area contributed by atoms with Gasteiger partial charge in [-0.3, -0.25) is 9.67 Å². The third-order valence-corrected chi connectivity index (χ3v) is 9.60. The maximum Gasteiger partial charge on any atom is 0.156 e. The van der Waals surface area contributed by atoms with Gasteiger partial charge in [-0.2, -0.15) is 9.43 Å². The minimum atomic E-state index is -0.719. The van der Waals surface area contributed by atoms with Crippen molar-refractivity contribution in [1.29, 1.82) is 0 Å². The second kappa shape index (κ2) is 13.6. The van der Waals surface area contributed by atoms with E-state index in [2.05, 4.69) is 119 Å². The van der Waals surface area contributed by atoms with E-state index in [1.165, 1.54) is 12.0 Å². The number of nitrogens with zero attached hydrogens (tertiary/aromatic N) is 4. The van der Waals surface area contributed by atoms with Crippen LogP contribution in [0.25, 0.3) is 5.57 Å². The zero-order valence-corrected chi connectivity index (χ0v) is 27.1. The van der Waals surface area contributed by atoms with E-state index in [0.717, 1.165) is 62.8 Å². The molecular weight excluding hydrogens is 617 g/mol. The van der Waals surface area contributed by atoms with Crippen LogP contribution < -0.4 is 4.90 Å². The summed E-state index contributed by atoms with van der Waals surface area (Å²) in [6.45, 7) is 3.04. The Morgan fingerprint density at radius 1 is 0.729 bits per heavy atom. The number of hydrogen-bond donors (Lipinski definition) is 0. The van der Waals surface area contributed by atoms with Crippen molar-refractivity contribution >= 4 is 23.3 Å². The number of rotatable bonds is 10. The van der Waals surface area contributed by atoms with E-state index in [0.29, 0.717) is 13.2 Å². The van der Waals surface area contributed by atoms with Crippen LogP contribution in [0.3, 0.4) is 0 Å². The first-order chi connectivity index (χ1) is 23.8. The molecule has 0 radical (unpaired) electrons. The minimum absolute atomic E-state index is 0.490. The lowest BCUT2D eigenvalue weighted by molar-refractivity contribution is -0.219. The molecule has 3 heterocycles. The minimum Gasteiger partial charge on any atom is -0.378 e. The van der Waals surface area contributed by atoms with Gasteiger partial charge in [0.25, 0.3) is 0 Å². The maximum atomic E-state index is 6.02. The summed E-state index contributed by atoms with van der Waals surface area (Å²) in [5, 5.41) is 5.13. The highest BCUT2D eigenvalue weighted by molar-refractivity contribution is 7.94. The first kappa shape index (κ1) is 30.4. The van der Waals surface area contributed by atoms with Crippen molar-refractivity contribution in [3.8, 4) is 0 Å². The Balaban J connectivity index is 1.23. The first-order valence-corrected chi connectivity index (χ1v) is 16.9. The van der Waals surface area contributed by atoms with Gasteiger partial charge in [0.1, 0.15) is 5.54 Å². The predicted molar refractivity (Wildman–Crippen MR) is 188 cm³/mol. The lowest BCUT2D eigenvalue weighted by atomic mass is 9.77. The van der Waals surface area contributed by atoms with Crippen LogP contribution in [0, 0.1) is 0 Å². The van der Waals surface area contributed by atoms with Gasteiger partial charge >= 0.3 is 0 Å². The number of aromatic nitrogens is 3. The molecule has 1 saturated heterocycles. The van der Waals surface area contributed by atoms with Gasteiger partial charge in [-0.05, 0) is 46.5 Å². The number of fused-ring (bicyclic) bond motifs is 1. The lowest BCUT2D eigenvalue weighted by Crippen LogP contribution is -2.38. The molecule has 238 valence electrons. The average molecular weight is 651 g/mol. The van der Waals surface area contributed by atoms with Gasteiger partial charge in [-0.25, -0.2) is 4.89 Å². The fourth-order valence-corrected chi connectivity index (χ4v) is 7.17. The molecule has 0 bridgehead atoms. The zero-order valence-electron chi connectivity index (χ0n) is 26.3. The van der Waals surface area contributed by atoms with Crippen LogP contribution in [0.4, 0.5) is 5.69 Å². The topological polar surface area (TPSA) is 61.6 Å². The quantitative estimate of drug-likeness (QED) is 0.0643. The smallest absolute Gasteiger partial charge is 0.156 e.